The highest BCUT2D eigenvalue weighted by Crippen LogP contribution is 2.35. The Balaban J connectivity index is 1.69. The third-order valence-corrected chi connectivity index (χ3v) is 4.13. The van der Waals surface area contributed by atoms with Crippen molar-refractivity contribution in [3.05, 3.63) is 12.7 Å². The molecular weight excluding hydrogens is 272 g/mol. The fourth-order valence-corrected chi connectivity index (χ4v) is 2.92. The van der Waals surface area contributed by atoms with Crippen molar-refractivity contribution in [2.24, 2.45) is 5.41 Å². The molecule has 0 aromatic carbocycles. The molecule has 21 heavy (non-hydrogen) atoms. The van der Waals surface area contributed by atoms with E-state index in [0.29, 0.717) is 6.61 Å². The van der Waals surface area contributed by atoms with Gasteiger partial charge in [0.1, 0.15) is 24.8 Å². The number of rotatable bonds is 4. The van der Waals surface area contributed by atoms with E-state index >= 15 is 0 Å². The van der Waals surface area contributed by atoms with Crippen LogP contribution in [0.2, 0.25) is 0 Å². The molecule has 7 heteroatoms. The third-order valence-electron chi connectivity index (χ3n) is 4.13. The Morgan fingerprint density at radius 2 is 2.24 bits per heavy atom. The summed E-state index contributed by atoms with van der Waals surface area (Å²) in [6.07, 6.45) is 2.90. The fraction of sp³-hybridized carbons (Fsp3) is 0.857. The Hall–Kier alpha value is -1.02. The second-order valence-electron chi connectivity index (χ2n) is 7.02. The monoisotopic (exact) mass is 296 g/mol. The van der Waals surface area contributed by atoms with E-state index in [1.54, 1.807) is 11.0 Å². The molecule has 0 amide bonds. The zero-order valence-electron chi connectivity index (χ0n) is 12.8. The van der Waals surface area contributed by atoms with Crippen LogP contribution in [0, 0.1) is 5.41 Å². The number of aliphatic hydroxyl groups is 1. The molecule has 2 aliphatic heterocycles. The summed E-state index contributed by atoms with van der Waals surface area (Å²) in [5, 5.41) is 18.2. The first kappa shape index (κ1) is 14.9. The lowest BCUT2D eigenvalue weighted by Gasteiger charge is -2.38. The number of nitrogens with one attached hydrogen (secondary N) is 1. The van der Waals surface area contributed by atoms with Crippen LogP contribution in [0.25, 0.3) is 0 Å². The van der Waals surface area contributed by atoms with Crippen LogP contribution in [-0.2, 0) is 9.47 Å². The van der Waals surface area contributed by atoms with Crippen LogP contribution in [-0.4, -0.2) is 57.6 Å². The van der Waals surface area contributed by atoms with E-state index in [1.807, 2.05) is 0 Å². The zero-order chi connectivity index (χ0) is 15.0. The second kappa shape index (κ2) is 5.64. The Kier molecular flexibility index (Phi) is 4.00. The molecule has 2 saturated heterocycles. The molecule has 1 aromatic rings. The minimum atomic E-state index is -0.613. The maximum atomic E-state index is 10.7. The van der Waals surface area contributed by atoms with Gasteiger partial charge in [0.2, 0.25) is 0 Å². The van der Waals surface area contributed by atoms with Crippen LogP contribution in [0.15, 0.2) is 12.7 Å². The van der Waals surface area contributed by atoms with Gasteiger partial charge in [0.25, 0.3) is 0 Å². The van der Waals surface area contributed by atoms with Gasteiger partial charge in [-0.25, -0.2) is 9.67 Å². The predicted molar refractivity (Wildman–Crippen MR) is 75.5 cm³/mol. The SMILES string of the molecule is CC(C)(C)CCN[C@H]1[C@H](O)[C@@H](n2cncn2)[C@@H]2OC[C@H]1O2. The number of aliphatic hydroxyl groups excluding tert-OH is 1. The van der Waals surface area contributed by atoms with Gasteiger partial charge in [-0.3, -0.25) is 0 Å². The Bertz CT molecular complexity index is 459. The average molecular weight is 296 g/mol. The summed E-state index contributed by atoms with van der Waals surface area (Å²) in [6.45, 7) is 7.94. The summed E-state index contributed by atoms with van der Waals surface area (Å²) in [7, 11) is 0. The maximum Gasteiger partial charge on any atom is 0.183 e. The van der Waals surface area contributed by atoms with Crippen molar-refractivity contribution in [1.82, 2.24) is 20.1 Å². The fourth-order valence-electron chi connectivity index (χ4n) is 2.92. The van der Waals surface area contributed by atoms with Crippen LogP contribution in [0.1, 0.15) is 33.2 Å². The quantitative estimate of drug-likeness (QED) is 0.833. The van der Waals surface area contributed by atoms with E-state index < -0.39 is 12.4 Å². The maximum absolute atomic E-state index is 10.7. The molecule has 3 rings (SSSR count). The van der Waals surface area contributed by atoms with Crippen molar-refractivity contribution in [1.29, 1.82) is 0 Å². The number of aromatic nitrogens is 3. The van der Waals surface area contributed by atoms with Gasteiger partial charge in [-0.2, -0.15) is 5.10 Å². The normalized spacial score (nSPS) is 36.1. The smallest absolute Gasteiger partial charge is 0.183 e. The topological polar surface area (TPSA) is 81.4 Å². The van der Waals surface area contributed by atoms with Crippen molar-refractivity contribution in [2.75, 3.05) is 13.2 Å². The Labute approximate surface area is 124 Å². The van der Waals surface area contributed by atoms with Gasteiger partial charge in [-0.1, -0.05) is 20.8 Å². The molecule has 2 N–H and O–H groups in total. The number of ether oxygens (including phenoxy) is 2. The highest BCUT2D eigenvalue weighted by atomic mass is 16.7. The van der Waals surface area contributed by atoms with Gasteiger partial charge >= 0.3 is 0 Å². The Morgan fingerprint density at radius 1 is 1.43 bits per heavy atom. The van der Waals surface area contributed by atoms with Gasteiger partial charge < -0.3 is 19.9 Å². The highest BCUT2D eigenvalue weighted by Gasteiger charge is 2.51. The lowest BCUT2D eigenvalue weighted by atomic mass is 9.91. The van der Waals surface area contributed by atoms with Crippen LogP contribution in [0.5, 0.6) is 0 Å². The molecule has 0 radical (unpaired) electrons. The molecule has 0 aliphatic carbocycles. The third kappa shape index (κ3) is 3.11. The molecule has 5 atom stereocenters. The van der Waals surface area contributed by atoms with Gasteiger partial charge in [-0.05, 0) is 18.4 Å². The number of hydrogen-bond donors (Lipinski definition) is 2. The first-order valence-electron chi connectivity index (χ1n) is 7.48. The average Bonchev–Trinajstić information content (AvgIpc) is 3.03. The lowest BCUT2D eigenvalue weighted by Crippen LogP contribution is -2.58. The Morgan fingerprint density at radius 3 is 2.90 bits per heavy atom. The van der Waals surface area contributed by atoms with Gasteiger partial charge in [0.05, 0.1) is 18.8 Å². The van der Waals surface area contributed by atoms with Crippen molar-refractivity contribution in [2.45, 2.75) is 57.8 Å². The number of hydrogen-bond acceptors (Lipinski definition) is 6. The molecule has 0 saturated carbocycles. The molecule has 1 aromatic heterocycles. The highest BCUT2D eigenvalue weighted by molar-refractivity contribution is 4.99. The second-order valence-corrected chi connectivity index (χ2v) is 7.02. The minimum absolute atomic E-state index is 0.107. The molecule has 2 bridgehead atoms. The molecule has 118 valence electrons. The molecule has 7 nitrogen and oxygen atoms in total. The van der Waals surface area contributed by atoms with Crippen LogP contribution < -0.4 is 5.32 Å². The standard InChI is InChI=1S/C14H24N4O3/c1-14(2,3)4-5-16-10-9-6-20-13(21-9)11(12(10)19)18-8-15-7-17-18/h7-13,16,19H,4-6H2,1-3H3/t9-,10-,11-,12+,13-/m1/s1. The van der Waals surface area contributed by atoms with E-state index in [1.165, 1.54) is 6.33 Å². The molecule has 2 aliphatic rings. The van der Waals surface area contributed by atoms with Crippen LogP contribution >= 0.6 is 0 Å². The van der Waals surface area contributed by atoms with Crippen molar-refractivity contribution < 1.29 is 14.6 Å². The molecular formula is C14H24N4O3. The molecule has 0 unspecified atom stereocenters. The van der Waals surface area contributed by atoms with Crippen LogP contribution in [0.3, 0.4) is 0 Å². The summed E-state index contributed by atoms with van der Waals surface area (Å²) in [4.78, 5) is 3.94. The first-order valence-corrected chi connectivity index (χ1v) is 7.48. The van der Waals surface area contributed by atoms with E-state index in [4.69, 9.17) is 9.47 Å². The summed E-state index contributed by atoms with van der Waals surface area (Å²) >= 11 is 0. The van der Waals surface area contributed by atoms with E-state index in [2.05, 4.69) is 36.2 Å². The predicted octanol–water partition coefficient (Wildman–Crippen LogP) is 0.330. The number of fused-ring (bicyclic) bond motifs is 2. The lowest BCUT2D eigenvalue weighted by molar-refractivity contribution is -0.168. The van der Waals surface area contributed by atoms with Crippen LogP contribution in [0.4, 0.5) is 0 Å². The largest absolute Gasteiger partial charge is 0.389 e. The van der Waals surface area contributed by atoms with Gasteiger partial charge in [-0.15, -0.1) is 0 Å². The number of nitrogens with zero attached hydrogens (tertiary/aromatic N) is 3. The van der Waals surface area contributed by atoms with Gasteiger partial charge in [0, 0.05) is 0 Å². The van der Waals surface area contributed by atoms with Crippen molar-refractivity contribution in [3.8, 4) is 0 Å². The summed E-state index contributed by atoms with van der Waals surface area (Å²) in [5.41, 5.74) is 0.257. The molecule has 3 heterocycles. The van der Waals surface area contributed by atoms with E-state index in [0.717, 1.165) is 13.0 Å². The molecule has 0 spiro atoms. The summed E-state index contributed by atoms with van der Waals surface area (Å²) in [5.74, 6) is 0. The van der Waals surface area contributed by atoms with E-state index in [-0.39, 0.29) is 23.6 Å². The summed E-state index contributed by atoms with van der Waals surface area (Å²) in [6, 6.07) is -0.515. The van der Waals surface area contributed by atoms with Crippen molar-refractivity contribution >= 4 is 0 Å². The van der Waals surface area contributed by atoms with E-state index in [9.17, 15) is 5.11 Å². The molecule has 2 fully saturated rings. The minimum Gasteiger partial charge on any atom is -0.389 e. The zero-order valence-corrected chi connectivity index (χ0v) is 12.8. The first-order chi connectivity index (χ1) is 9.96. The summed E-state index contributed by atoms with van der Waals surface area (Å²) < 4.78 is 13.1. The van der Waals surface area contributed by atoms with Crippen molar-refractivity contribution in [3.63, 3.8) is 0 Å². The van der Waals surface area contributed by atoms with Gasteiger partial charge in [0.15, 0.2) is 6.29 Å².